The Morgan fingerprint density at radius 1 is 1.47 bits per heavy atom. The lowest BCUT2D eigenvalue weighted by Gasteiger charge is -2.02. The molecule has 0 bridgehead atoms. The monoisotopic (exact) mass is 260 g/mol. The van der Waals surface area contributed by atoms with Gasteiger partial charge in [-0.15, -0.1) is 0 Å². The SMILES string of the molecule is CCn1cc(S(=O)(=O)NCCCCN)nc1C. The maximum absolute atomic E-state index is 11.9. The third kappa shape index (κ3) is 3.79. The lowest BCUT2D eigenvalue weighted by atomic mass is 10.3. The minimum absolute atomic E-state index is 0.0876. The summed E-state index contributed by atoms with van der Waals surface area (Å²) in [7, 11) is -3.48. The van der Waals surface area contributed by atoms with Crippen LogP contribution >= 0.6 is 0 Å². The van der Waals surface area contributed by atoms with E-state index in [0.29, 0.717) is 25.5 Å². The second kappa shape index (κ2) is 6.13. The Kier molecular flexibility index (Phi) is 5.10. The molecule has 17 heavy (non-hydrogen) atoms. The van der Waals surface area contributed by atoms with Crippen molar-refractivity contribution in [2.45, 2.75) is 38.3 Å². The Morgan fingerprint density at radius 2 is 2.18 bits per heavy atom. The quantitative estimate of drug-likeness (QED) is 0.687. The second-order valence-corrected chi connectivity index (χ2v) is 5.52. The zero-order valence-electron chi connectivity index (χ0n) is 10.3. The number of aromatic nitrogens is 2. The topological polar surface area (TPSA) is 90.0 Å². The van der Waals surface area contributed by atoms with Gasteiger partial charge in [0.1, 0.15) is 5.82 Å². The summed E-state index contributed by atoms with van der Waals surface area (Å²) < 4.78 is 28.0. The first-order valence-electron chi connectivity index (χ1n) is 5.74. The summed E-state index contributed by atoms with van der Waals surface area (Å²) in [4.78, 5) is 4.04. The normalized spacial score (nSPS) is 11.9. The van der Waals surface area contributed by atoms with Gasteiger partial charge in [-0.2, -0.15) is 0 Å². The highest BCUT2D eigenvalue weighted by Gasteiger charge is 2.17. The lowest BCUT2D eigenvalue weighted by molar-refractivity contribution is 0.573. The maximum atomic E-state index is 11.9. The largest absolute Gasteiger partial charge is 0.334 e. The van der Waals surface area contributed by atoms with Crippen molar-refractivity contribution in [1.82, 2.24) is 14.3 Å². The number of unbranched alkanes of at least 4 members (excludes halogenated alkanes) is 1. The molecule has 0 aliphatic heterocycles. The van der Waals surface area contributed by atoms with Crippen LogP contribution in [0.25, 0.3) is 0 Å². The van der Waals surface area contributed by atoms with Gasteiger partial charge in [0.05, 0.1) is 0 Å². The third-order valence-electron chi connectivity index (χ3n) is 2.49. The van der Waals surface area contributed by atoms with Gasteiger partial charge in [-0.05, 0) is 33.2 Å². The standard InChI is InChI=1S/C10H20N4O2S/c1-3-14-8-10(13-9(14)2)17(15,16)12-7-5-4-6-11/h8,12H,3-7,11H2,1-2H3. The molecule has 1 rings (SSSR count). The fourth-order valence-electron chi connectivity index (χ4n) is 1.48. The first-order valence-corrected chi connectivity index (χ1v) is 7.23. The van der Waals surface area contributed by atoms with Gasteiger partial charge in [0.2, 0.25) is 0 Å². The minimum atomic E-state index is -3.48. The molecule has 0 aliphatic rings. The Morgan fingerprint density at radius 3 is 2.71 bits per heavy atom. The van der Waals surface area contributed by atoms with Gasteiger partial charge in [-0.3, -0.25) is 0 Å². The molecule has 0 amide bonds. The maximum Gasteiger partial charge on any atom is 0.259 e. The van der Waals surface area contributed by atoms with Crippen LogP contribution in [0, 0.1) is 6.92 Å². The first kappa shape index (κ1) is 14.1. The Balaban J connectivity index is 2.69. The zero-order valence-corrected chi connectivity index (χ0v) is 11.1. The summed E-state index contributed by atoms with van der Waals surface area (Å²) in [5, 5.41) is 0.0876. The van der Waals surface area contributed by atoms with Crippen molar-refractivity contribution in [2.75, 3.05) is 13.1 Å². The zero-order chi connectivity index (χ0) is 12.9. The molecule has 0 aromatic carbocycles. The summed E-state index contributed by atoms with van der Waals surface area (Å²) in [6.07, 6.45) is 3.11. The predicted molar refractivity (Wildman–Crippen MR) is 66.1 cm³/mol. The lowest BCUT2D eigenvalue weighted by Crippen LogP contribution is -2.25. The summed E-state index contributed by atoms with van der Waals surface area (Å²) in [6.45, 7) is 5.42. The molecule has 0 fully saturated rings. The molecule has 0 radical (unpaired) electrons. The van der Waals surface area contributed by atoms with Gasteiger partial charge >= 0.3 is 0 Å². The van der Waals surface area contributed by atoms with E-state index in [1.807, 2.05) is 6.92 Å². The molecule has 6 nitrogen and oxygen atoms in total. The van der Waals surface area contributed by atoms with Crippen LogP contribution < -0.4 is 10.5 Å². The van der Waals surface area contributed by atoms with Crippen molar-refractivity contribution in [3.8, 4) is 0 Å². The van der Waals surface area contributed by atoms with E-state index in [0.717, 1.165) is 12.8 Å². The van der Waals surface area contributed by atoms with Crippen LogP contribution in [0.2, 0.25) is 0 Å². The Bertz CT molecular complexity index is 453. The third-order valence-corrected chi connectivity index (χ3v) is 3.82. The molecule has 0 saturated heterocycles. The molecule has 0 atom stereocenters. The van der Waals surface area contributed by atoms with Gasteiger partial charge in [-0.1, -0.05) is 0 Å². The van der Waals surface area contributed by atoms with E-state index >= 15 is 0 Å². The van der Waals surface area contributed by atoms with Crippen molar-refractivity contribution in [2.24, 2.45) is 5.73 Å². The van der Waals surface area contributed by atoms with Crippen molar-refractivity contribution < 1.29 is 8.42 Å². The number of hydrogen-bond donors (Lipinski definition) is 2. The Labute approximate surface area is 102 Å². The molecular formula is C10H20N4O2S. The van der Waals surface area contributed by atoms with E-state index in [4.69, 9.17) is 5.73 Å². The van der Waals surface area contributed by atoms with Crippen molar-refractivity contribution >= 4 is 10.0 Å². The number of nitrogens with zero attached hydrogens (tertiary/aromatic N) is 2. The van der Waals surface area contributed by atoms with Gasteiger partial charge in [0.15, 0.2) is 5.03 Å². The van der Waals surface area contributed by atoms with Gasteiger partial charge in [0.25, 0.3) is 10.0 Å². The highest BCUT2D eigenvalue weighted by atomic mass is 32.2. The van der Waals surface area contributed by atoms with Crippen LogP contribution in [0.4, 0.5) is 0 Å². The summed E-state index contributed by atoms with van der Waals surface area (Å²) >= 11 is 0. The smallest absolute Gasteiger partial charge is 0.259 e. The highest BCUT2D eigenvalue weighted by molar-refractivity contribution is 7.89. The van der Waals surface area contributed by atoms with Crippen LogP contribution in [0.15, 0.2) is 11.2 Å². The molecule has 1 aromatic heterocycles. The van der Waals surface area contributed by atoms with Crippen LogP contribution in [0.3, 0.4) is 0 Å². The second-order valence-electron chi connectivity index (χ2n) is 3.81. The summed E-state index contributed by atoms with van der Waals surface area (Å²) in [5.74, 6) is 0.704. The van der Waals surface area contributed by atoms with E-state index in [1.54, 1.807) is 17.7 Å². The summed E-state index contributed by atoms with van der Waals surface area (Å²) in [6, 6.07) is 0. The average molecular weight is 260 g/mol. The molecule has 0 saturated carbocycles. The average Bonchev–Trinajstić information content (AvgIpc) is 2.67. The highest BCUT2D eigenvalue weighted by Crippen LogP contribution is 2.08. The van der Waals surface area contributed by atoms with Crippen molar-refractivity contribution in [3.63, 3.8) is 0 Å². The summed E-state index contributed by atoms with van der Waals surface area (Å²) in [5.41, 5.74) is 5.34. The molecule has 98 valence electrons. The number of nitrogens with two attached hydrogens (primary N) is 1. The number of imidazole rings is 1. The number of aryl methyl sites for hydroxylation is 2. The fraction of sp³-hybridized carbons (Fsp3) is 0.700. The van der Waals surface area contributed by atoms with Gasteiger partial charge in [0, 0.05) is 19.3 Å². The first-order chi connectivity index (χ1) is 8.01. The molecule has 7 heteroatoms. The van der Waals surface area contributed by atoms with Crippen molar-refractivity contribution in [3.05, 3.63) is 12.0 Å². The van der Waals surface area contributed by atoms with Crippen molar-refractivity contribution in [1.29, 1.82) is 0 Å². The van der Waals surface area contributed by atoms with E-state index < -0.39 is 10.0 Å². The predicted octanol–water partition coefficient (Wildman–Crippen LogP) is 0.229. The van der Waals surface area contributed by atoms with E-state index in [-0.39, 0.29) is 5.03 Å². The molecule has 0 unspecified atom stereocenters. The molecule has 1 heterocycles. The number of sulfonamides is 1. The van der Waals surface area contributed by atoms with Crippen LogP contribution in [0.1, 0.15) is 25.6 Å². The van der Waals surface area contributed by atoms with Crippen LogP contribution in [-0.4, -0.2) is 31.1 Å². The Hall–Kier alpha value is -0.920. The fourth-order valence-corrected chi connectivity index (χ4v) is 2.56. The van der Waals surface area contributed by atoms with Crippen LogP contribution in [-0.2, 0) is 16.6 Å². The van der Waals surface area contributed by atoms with E-state index in [9.17, 15) is 8.42 Å². The minimum Gasteiger partial charge on any atom is -0.334 e. The van der Waals surface area contributed by atoms with Crippen LogP contribution in [0.5, 0.6) is 0 Å². The van der Waals surface area contributed by atoms with Gasteiger partial charge in [-0.25, -0.2) is 18.1 Å². The molecule has 3 N–H and O–H groups in total. The van der Waals surface area contributed by atoms with Gasteiger partial charge < -0.3 is 10.3 Å². The molecular weight excluding hydrogens is 240 g/mol. The van der Waals surface area contributed by atoms with E-state index in [2.05, 4.69) is 9.71 Å². The van der Waals surface area contributed by atoms with E-state index in [1.165, 1.54) is 0 Å². The number of nitrogens with one attached hydrogen (secondary N) is 1. The molecule has 0 spiro atoms. The number of rotatable bonds is 7. The molecule has 0 aliphatic carbocycles. The molecule has 1 aromatic rings. The number of hydrogen-bond acceptors (Lipinski definition) is 4.